The summed E-state index contributed by atoms with van der Waals surface area (Å²) in [6.45, 7) is 0. The number of non-ortho nitro benzene ring substituents is 1. The van der Waals surface area contributed by atoms with E-state index in [-0.39, 0.29) is 5.69 Å². The van der Waals surface area contributed by atoms with Gasteiger partial charge in [0.25, 0.3) is 5.69 Å². The van der Waals surface area contributed by atoms with Gasteiger partial charge in [0.15, 0.2) is 6.29 Å². The van der Waals surface area contributed by atoms with Gasteiger partial charge in [-0.3, -0.25) is 14.9 Å². The molecule has 0 fully saturated rings. The molecule has 6 nitrogen and oxygen atoms in total. The Morgan fingerprint density at radius 3 is 2.78 bits per heavy atom. The van der Waals surface area contributed by atoms with Gasteiger partial charge in [0.2, 0.25) is 0 Å². The second kappa shape index (κ2) is 4.70. The highest BCUT2D eigenvalue weighted by atomic mass is 16.6. The molecule has 1 aromatic heterocycles. The number of hydrogen-bond acceptors (Lipinski definition) is 4. The van der Waals surface area contributed by atoms with Crippen LogP contribution in [0.3, 0.4) is 0 Å². The van der Waals surface area contributed by atoms with E-state index < -0.39 is 4.92 Å². The summed E-state index contributed by atoms with van der Waals surface area (Å²) in [5.74, 6) is 0.337. The number of nitrogens with zero attached hydrogens (tertiary/aromatic N) is 2. The maximum atomic E-state index is 10.9. The smallest absolute Gasteiger partial charge is 0.273 e. The molecule has 1 aromatic carbocycles. The summed E-state index contributed by atoms with van der Waals surface area (Å²) in [6.07, 6.45) is 2.40. The molecule has 0 amide bonds. The molecule has 92 valence electrons. The van der Waals surface area contributed by atoms with Crippen molar-refractivity contribution in [3.05, 3.63) is 52.3 Å². The Balaban J connectivity index is 2.58. The molecule has 0 radical (unpaired) electrons. The van der Waals surface area contributed by atoms with Crippen LogP contribution in [0.25, 0.3) is 5.69 Å². The SMILES string of the molecule is COc1cc([N+](=O)[O-])ccc1-n1cccc1C=O. The summed E-state index contributed by atoms with van der Waals surface area (Å²) in [6, 6.07) is 7.60. The van der Waals surface area contributed by atoms with Crippen molar-refractivity contribution in [2.45, 2.75) is 0 Å². The van der Waals surface area contributed by atoms with Crippen LogP contribution in [0.1, 0.15) is 10.5 Å². The summed E-state index contributed by atoms with van der Waals surface area (Å²) in [7, 11) is 1.42. The monoisotopic (exact) mass is 246 g/mol. The number of methoxy groups -OCH3 is 1. The van der Waals surface area contributed by atoms with Crippen LogP contribution in [0.4, 0.5) is 5.69 Å². The summed E-state index contributed by atoms with van der Waals surface area (Å²) in [5, 5.41) is 10.7. The van der Waals surface area contributed by atoms with Gasteiger partial charge in [-0.05, 0) is 18.2 Å². The fraction of sp³-hybridized carbons (Fsp3) is 0.0833. The zero-order valence-corrected chi connectivity index (χ0v) is 9.57. The molecule has 0 aliphatic carbocycles. The second-order valence-electron chi connectivity index (χ2n) is 3.53. The standard InChI is InChI=1S/C12H10N2O4/c1-18-12-7-9(14(16)17)4-5-11(12)13-6-2-3-10(13)8-15/h2-8H,1H3. The van der Waals surface area contributed by atoms with Crippen LogP contribution in [0.15, 0.2) is 36.5 Å². The van der Waals surface area contributed by atoms with Gasteiger partial charge in [-0.2, -0.15) is 0 Å². The molecule has 18 heavy (non-hydrogen) atoms. The van der Waals surface area contributed by atoms with Crippen molar-refractivity contribution in [2.75, 3.05) is 7.11 Å². The van der Waals surface area contributed by atoms with Crippen LogP contribution >= 0.6 is 0 Å². The van der Waals surface area contributed by atoms with E-state index >= 15 is 0 Å². The molecule has 0 aliphatic rings. The first kappa shape index (κ1) is 11.8. The summed E-state index contributed by atoms with van der Waals surface area (Å²) in [5.41, 5.74) is 0.966. The first-order valence-electron chi connectivity index (χ1n) is 5.12. The lowest BCUT2D eigenvalue weighted by molar-refractivity contribution is -0.384. The Labute approximate surface area is 103 Å². The van der Waals surface area contributed by atoms with E-state index in [2.05, 4.69) is 0 Å². The van der Waals surface area contributed by atoms with Crippen LogP contribution in [0.2, 0.25) is 0 Å². The van der Waals surface area contributed by atoms with E-state index in [0.29, 0.717) is 23.4 Å². The summed E-state index contributed by atoms with van der Waals surface area (Å²) < 4.78 is 6.72. The van der Waals surface area contributed by atoms with Crippen LogP contribution in [0.5, 0.6) is 5.75 Å². The number of benzene rings is 1. The molecular formula is C12H10N2O4. The lowest BCUT2D eigenvalue weighted by Gasteiger charge is -2.10. The minimum Gasteiger partial charge on any atom is -0.494 e. The fourth-order valence-corrected chi connectivity index (χ4v) is 1.69. The number of aldehydes is 1. The molecule has 0 atom stereocenters. The Morgan fingerprint density at radius 1 is 1.39 bits per heavy atom. The van der Waals surface area contributed by atoms with Crippen LogP contribution in [-0.4, -0.2) is 22.9 Å². The van der Waals surface area contributed by atoms with E-state index in [1.807, 2.05) is 0 Å². The highest BCUT2D eigenvalue weighted by Gasteiger charge is 2.13. The van der Waals surface area contributed by atoms with E-state index in [4.69, 9.17) is 4.74 Å². The Bertz CT molecular complexity index is 604. The minimum absolute atomic E-state index is 0.0598. The number of aromatic nitrogens is 1. The van der Waals surface area contributed by atoms with Crippen LogP contribution < -0.4 is 4.74 Å². The van der Waals surface area contributed by atoms with Crippen molar-refractivity contribution in [3.8, 4) is 11.4 Å². The molecule has 0 bridgehead atoms. The van der Waals surface area contributed by atoms with Gasteiger partial charge in [0.05, 0.1) is 29.5 Å². The molecule has 6 heteroatoms. The molecule has 0 saturated heterocycles. The predicted octanol–water partition coefficient (Wildman–Crippen LogP) is 2.21. The van der Waals surface area contributed by atoms with Gasteiger partial charge >= 0.3 is 0 Å². The molecular weight excluding hydrogens is 236 g/mol. The molecule has 0 aliphatic heterocycles. The largest absolute Gasteiger partial charge is 0.494 e. The molecule has 0 spiro atoms. The number of ether oxygens (including phenoxy) is 1. The van der Waals surface area contributed by atoms with Crippen LogP contribution in [0, 0.1) is 10.1 Å². The van der Waals surface area contributed by atoms with Gasteiger partial charge in [-0.25, -0.2) is 0 Å². The van der Waals surface area contributed by atoms with Crippen molar-refractivity contribution in [3.63, 3.8) is 0 Å². The number of nitro benzene ring substituents is 1. The molecule has 0 unspecified atom stereocenters. The number of carbonyl (C=O) groups excluding carboxylic acids is 1. The molecule has 2 rings (SSSR count). The van der Waals surface area contributed by atoms with Gasteiger partial charge in [0.1, 0.15) is 5.75 Å². The van der Waals surface area contributed by atoms with Gasteiger partial charge < -0.3 is 9.30 Å². The topological polar surface area (TPSA) is 74.4 Å². The first-order chi connectivity index (χ1) is 8.67. The van der Waals surface area contributed by atoms with Crippen molar-refractivity contribution in [2.24, 2.45) is 0 Å². The van der Waals surface area contributed by atoms with E-state index in [0.717, 1.165) is 0 Å². The zero-order valence-electron chi connectivity index (χ0n) is 9.57. The summed E-state index contributed by atoms with van der Waals surface area (Å²) in [4.78, 5) is 21.0. The Kier molecular flexibility index (Phi) is 3.09. The molecule has 2 aromatic rings. The normalized spacial score (nSPS) is 10.1. The number of carbonyl (C=O) groups is 1. The quantitative estimate of drug-likeness (QED) is 0.471. The first-order valence-corrected chi connectivity index (χ1v) is 5.12. The van der Waals surface area contributed by atoms with Crippen molar-refractivity contribution in [1.82, 2.24) is 4.57 Å². The van der Waals surface area contributed by atoms with E-state index in [9.17, 15) is 14.9 Å². The maximum absolute atomic E-state index is 10.9. The van der Waals surface area contributed by atoms with Crippen molar-refractivity contribution >= 4 is 12.0 Å². The third-order valence-electron chi connectivity index (χ3n) is 2.53. The molecule has 1 heterocycles. The third kappa shape index (κ3) is 1.95. The number of rotatable bonds is 4. The Hall–Kier alpha value is -2.63. The average molecular weight is 246 g/mol. The highest BCUT2D eigenvalue weighted by molar-refractivity contribution is 5.74. The Morgan fingerprint density at radius 2 is 2.17 bits per heavy atom. The van der Waals surface area contributed by atoms with E-state index in [1.165, 1.54) is 19.2 Å². The number of nitro groups is 1. The lowest BCUT2D eigenvalue weighted by atomic mass is 10.2. The lowest BCUT2D eigenvalue weighted by Crippen LogP contribution is -2.01. The zero-order chi connectivity index (χ0) is 13.1. The average Bonchev–Trinajstić information content (AvgIpc) is 2.85. The van der Waals surface area contributed by atoms with Crippen LogP contribution in [-0.2, 0) is 0 Å². The number of hydrogen-bond donors (Lipinski definition) is 0. The highest BCUT2D eigenvalue weighted by Crippen LogP contribution is 2.28. The minimum atomic E-state index is -0.497. The second-order valence-corrected chi connectivity index (χ2v) is 3.53. The predicted molar refractivity (Wildman–Crippen MR) is 64.4 cm³/mol. The maximum Gasteiger partial charge on any atom is 0.273 e. The third-order valence-corrected chi connectivity index (χ3v) is 2.53. The van der Waals surface area contributed by atoms with Crippen molar-refractivity contribution < 1.29 is 14.5 Å². The summed E-state index contributed by atoms with van der Waals surface area (Å²) >= 11 is 0. The van der Waals surface area contributed by atoms with Gasteiger partial charge in [-0.15, -0.1) is 0 Å². The van der Waals surface area contributed by atoms with Gasteiger partial charge in [-0.1, -0.05) is 0 Å². The molecule has 0 N–H and O–H groups in total. The fourth-order valence-electron chi connectivity index (χ4n) is 1.69. The molecule has 0 saturated carbocycles. The van der Waals surface area contributed by atoms with E-state index in [1.54, 1.807) is 29.0 Å². The van der Waals surface area contributed by atoms with Crippen molar-refractivity contribution in [1.29, 1.82) is 0 Å². The van der Waals surface area contributed by atoms with Gasteiger partial charge in [0, 0.05) is 12.3 Å².